The minimum atomic E-state index is 0.786. The van der Waals surface area contributed by atoms with Gasteiger partial charge in [0.1, 0.15) is 0 Å². The molecule has 112 valence electrons. The number of hydrogen-bond donors (Lipinski definition) is 1. The minimum absolute atomic E-state index is 0.786. The van der Waals surface area contributed by atoms with E-state index in [1.807, 2.05) is 0 Å². The second kappa shape index (κ2) is 7.04. The number of nitrogens with one attached hydrogen (secondary N) is 1. The number of rotatable bonds is 4. The first kappa shape index (κ1) is 14.5. The Bertz CT molecular complexity index is 579. The molecule has 1 aliphatic rings. The van der Waals surface area contributed by atoms with Gasteiger partial charge in [-0.25, -0.2) is 0 Å². The van der Waals surface area contributed by atoms with Crippen LogP contribution in [-0.2, 0) is 6.42 Å². The van der Waals surface area contributed by atoms with Crippen LogP contribution in [0.15, 0.2) is 36.4 Å². The average molecular weight is 282 g/mol. The van der Waals surface area contributed by atoms with Crippen LogP contribution >= 0.6 is 0 Å². The summed E-state index contributed by atoms with van der Waals surface area (Å²) in [6.07, 6.45) is 8.06. The van der Waals surface area contributed by atoms with E-state index < -0.39 is 0 Å². The van der Waals surface area contributed by atoms with Crippen LogP contribution in [0.5, 0.6) is 0 Å². The summed E-state index contributed by atoms with van der Waals surface area (Å²) in [5.74, 6) is 1.60. The maximum absolute atomic E-state index is 4.87. The lowest BCUT2D eigenvalue weighted by Crippen LogP contribution is -2.26. The molecule has 0 aliphatic heterocycles. The van der Waals surface area contributed by atoms with Gasteiger partial charge >= 0.3 is 0 Å². The quantitative estimate of drug-likeness (QED) is 0.850. The first-order chi connectivity index (χ1) is 10.4. The molecule has 1 N–H and O–H groups in total. The van der Waals surface area contributed by atoms with Crippen LogP contribution in [0.25, 0.3) is 10.9 Å². The lowest BCUT2D eigenvalue weighted by Gasteiger charge is -2.24. The van der Waals surface area contributed by atoms with Gasteiger partial charge in [0.2, 0.25) is 0 Å². The highest BCUT2D eigenvalue weighted by molar-refractivity contribution is 5.78. The molecule has 0 radical (unpaired) electrons. The van der Waals surface area contributed by atoms with Crippen molar-refractivity contribution in [3.63, 3.8) is 0 Å². The molecule has 1 saturated carbocycles. The Morgan fingerprint density at radius 1 is 1.00 bits per heavy atom. The highest BCUT2D eigenvalue weighted by Crippen LogP contribution is 2.31. The van der Waals surface area contributed by atoms with Gasteiger partial charge in [-0.2, -0.15) is 0 Å². The molecule has 1 heterocycles. The van der Waals surface area contributed by atoms with Crippen LogP contribution < -0.4 is 5.32 Å². The molecule has 21 heavy (non-hydrogen) atoms. The fourth-order valence-corrected chi connectivity index (χ4v) is 3.75. The molecule has 0 saturated heterocycles. The Morgan fingerprint density at radius 2 is 1.81 bits per heavy atom. The molecule has 1 fully saturated rings. The number of fused-ring (bicyclic) bond motifs is 1. The van der Waals surface area contributed by atoms with Gasteiger partial charge in [0.05, 0.1) is 5.52 Å². The third kappa shape index (κ3) is 3.62. The fourth-order valence-electron chi connectivity index (χ4n) is 3.75. The molecule has 3 rings (SSSR count). The Balaban J connectivity index is 1.78. The van der Waals surface area contributed by atoms with E-state index in [0.29, 0.717) is 0 Å². The molecule has 0 amide bonds. The number of hydrogen-bond acceptors (Lipinski definition) is 2. The molecule has 2 unspecified atom stereocenters. The van der Waals surface area contributed by atoms with Crippen LogP contribution in [0.3, 0.4) is 0 Å². The molecule has 1 aromatic heterocycles. The van der Waals surface area contributed by atoms with Crippen molar-refractivity contribution in [3.05, 3.63) is 42.1 Å². The van der Waals surface area contributed by atoms with Crippen LogP contribution in [-0.4, -0.2) is 18.6 Å². The van der Waals surface area contributed by atoms with E-state index in [-0.39, 0.29) is 0 Å². The fraction of sp³-hybridized carbons (Fsp3) is 0.526. The van der Waals surface area contributed by atoms with Crippen molar-refractivity contribution >= 4 is 10.9 Å². The van der Waals surface area contributed by atoms with Gasteiger partial charge < -0.3 is 5.32 Å². The lowest BCUT2D eigenvalue weighted by molar-refractivity contribution is 0.302. The maximum Gasteiger partial charge on any atom is 0.0705 e. The highest BCUT2D eigenvalue weighted by Gasteiger charge is 2.23. The number of nitrogens with zero attached hydrogens (tertiary/aromatic N) is 1. The second-order valence-corrected chi connectivity index (χ2v) is 6.42. The molecule has 2 nitrogen and oxygen atoms in total. The smallest absolute Gasteiger partial charge is 0.0705 e. The van der Waals surface area contributed by atoms with Crippen molar-refractivity contribution in [2.24, 2.45) is 11.8 Å². The van der Waals surface area contributed by atoms with E-state index in [2.05, 4.69) is 48.8 Å². The lowest BCUT2D eigenvalue weighted by atomic mass is 9.84. The molecule has 0 bridgehead atoms. The standard InChI is InChI=1S/C19H26N2/c1-20-14-17-9-4-2-3-8-16(17)13-18-12-11-15-7-5-6-10-19(15)21-18/h5-7,10-12,16-17,20H,2-4,8-9,13-14H2,1H3. The summed E-state index contributed by atoms with van der Waals surface area (Å²) in [5, 5.41) is 4.63. The van der Waals surface area contributed by atoms with Crippen molar-refractivity contribution in [1.29, 1.82) is 0 Å². The monoisotopic (exact) mass is 282 g/mol. The normalized spacial score (nSPS) is 23.1. The Hall–Kier alpha value is -1.41. The summed E-state index contributed by atoms with van der Waals surface area (Å²) in [4.78, 5) is 4.87. The topological polar surface area (TPSA) is 24.9 Å². The van der Waals surface area contributed by atoms with Gasteiger partial charge in [0.15, 0.2) is 0 Å². The van der Waals surface area contributed by atoms with Crippen LogP contribution in [0.2, 0.25) is 0 Å². The number of benzene rings is 1. The van der Waals surface area contributed by atoms with Gasteiger partial charge in [0, 0.05) is 11.1 Å². The Labute approximate surface area is 128 Å². The third-order valence-electron chi connectivity index (χ3n) is 4.91. The summed E-state index contributed by atoms with van der Waals surface area (Å²) in [5.41, 5.74) is 2.40. The van der Waals surface area contributed by atoms with Crippen molar-refractivity contribution in [1.82, 2.24) is 10.3 Å². The predicted molar refractivity (Wildman–Crippen MR) is 89.4 cm³/mol. The van der Waals surface area contributed by atoms with Crippen LogP contribution in [0.4, 0.5) is 0 Å². The van der Waals surface area contributed by atoms with E-state index in [9.17, 15) is 0 Å². The van der Waals surface area contributed by atoms with E-state index in [1.54, 1.807) is 0 Å². The molecule has 2 aromatic rings. The van der Waals surface area contributed by atoms with Gasteiger partial charge in [-0.3, -0.25) is 4.98 Å². The number of para-hydroxylation sites is 1. The van der Waals surface area contributed by atoms with E-state index in [4.69, 9.17) is 4.98 Å². The maximum atomic E-state index is 4.87. The summed E-state index contributed by atoms with van der Waals surface area (Å²) in [7, 11) is 2.08. The molecule has 2 heteroatoms. The molecule has 2 atom stereocenters. The molecule has 1 aliphatic carbocycles. The summed E-state index contributed by atoms with van der Waals surface area (Å²) < 4.78 is 0. The molecular formula is C19H26N2. The largest absolute Gasteiger partial charge is 0.319 e. The number of aromatic nitrogens is 1. The average Bonchev–Trinajstić information content (AvgIpc) is 2.73. The van der Waals surface area contributed by atoms with Crippen molar-refractivity contribution in [2.45, 2.75) is 38.5 Å². The van der Waals surface area contributed by atoms with Crippen LogP contribution in [0, 0.1) is 11.8 Å². The first-order valence-corrected chi connectivity index (χ1v) is 8.36. The van der Waals surface area contributed by atoms with Crippen LogP contribution in [0.1, 0.15) is 37.8 Å². The predicted octanol–water partition coefficient (Wildman–Crippen LogP) is 4.19. The molecule has 0 spiro atoms. The van der Waals surface area contributed by atoms with Crippen molar-refractivity contribution in [3.8, 4) is 0 Å². The summed E-state index contributed by atoms with van der Waals surface area (Å²) >= 11 is 0. The molecule has 1 aromatic carbocycles. The first-order valence-electron chi connectivity index (χ1n) is 8.36. The number of pyridine rings is 1. The SMILES string of the molecule is CNCC1CCCCCC1Cc1ccc2ccccc2n1. The Morgan fingerprint density at radius 3 is 2.67 bits per heavy atom. The van der Waals surface area contributed by atoms with Crippen molar-refractivity contribution < 1.29 is 0 Å². The van der Waals surface area contributed by atoms with E-state index in [0.717, 1.165) is 30.3 Å². The van der Waals surface area contributed by atoms with Gasteiger partial charge in [-0.15, -0.1) is 0 Å². The zero-order valence-corrected chi connectivity index (χ0v) is 13.0. The van der Waals surface area contributed by atoms with E-state index in [1.165, 1.54) is 43.2 Å². The van der Waals surface area contributed by atoms with Gasteiger partial charge in [-0.1, -0.05) is 43.5 Å². The molecular weight excluding hydrogens is 256 g/mol. The van der Waals surface area contributed by atoms with Gasteiger partial charge in [-0.05, 0) is 56.8 Å². The third-order valence-corrected chi connectivity index (χ3v) is 4.91. The highest BCUT2D eigenvalue weighted by atomic mass is 14.8. The summed E-state index contributed by atoms with van der Waals surface area (Å²) in [6.45, 7) is 1.15. The van der Waals surface area contributed by atoms with Gasteiger partial charge in [0.25, 0.3) is 0 Å². The zero-order valence-electron chi connectivity index (χ0n) is 13.0. The summed E-state index contributed by atoms with van der Waals surface area (Å²) in [6, 6.07) is 12.9. The van der Waals surface area contributed by atoms with E-state index >= 15 is 0 Å². The zero-order chi connectivity index (χ0) is 14.5. The Kier molecular flexibility index (Phi) is 4.87. The second-order valence-electron chi connectivity index (χ2n) is 6.42. The van der Waals surface area contributed by atoms with Crippen molar-refractivity contribution in [2.75, 3.05) is 13.6 Å². The minimum Gasteiger partial charge on any atom is -0.319 e.